The Balaban J connectivity index is 1.25. The standard InChI is InChI=1S/C31H26FN7O3S/c1-43(41,42)8-7-17-9-19(11-22(32)10-17)24-3-2-4-26-27(24)37-30(36-26)28-25-13-21(15-34-29(25)39-38-28)20-12-23(16-33-14-20)35-31(40)18-5-6-18/h2-4,9-16,18H,5-8H2,1H3,(H,35,40)(H,36,37)(H,34,38,39). The number of benzene rings is 2. The first-order chi connectivity index (χ1) is 20.7. The molecule has 7 rings (SSSR count). The lowest BCUT2D eigenvalue weighted by molar-refractivity contribution is -0.117. The van der Waals surface area contributed by atoms with E-state index < -0.39 is 15.7 Å². The molecule has 43 heavy (non-hydrogen) atoms. The van der Waals surface area contributed by atoms with Gasteiger partial charge in [-0.1, -0.05) is 18.2 Å². The minimum atomic E-state index is -3.19. The van der Waals surface area contributed by atoms with Crippen molar-refractivity contribution in [2.45, 2.75) is 19.3 Å². The molecule has 6 aromatic rings. The van der Waals surface area contributed by atoms with Gasteiger partial charge in [0.15, 0.2) is 11.5 Å². The van der Waals surface area contributed by atoms with Crippen LogP contribution in [0.3, 0.4) is 0 Å². The average Bonchev–Trinajstić information content (AvgIpc) is 3.61. The Labute approximate surface area is 245 Å². The fourth-order valence-electron chi connectivity index (χ4n) is 5.13. The van der Waals surface area contributed by atoms with E-state index in [4.69, 9.17) is 4.98 Å². The molecule has 3 N–H and O–H groups in total. The Morgan fingerprint density at radius 3 is 2.70 bits per heavy atom. The van der Waals surface area contributed by atoms with E-state index in [9.17, 15) is 17.6 Å². The van der Waals surface area contributed by atoms with Gasteiger partial charge in [-0.05, 0) is 60.7 Å². The number of amides is 1. The van der Waals surface area contributed by atoms with Crippen LogP contribution in [-0.2, 0) is 21.1 Å². The fourth-order valence-corrected chi connectivity index (χ4v) is 5.74. The lowest BCUT2D eigenvalue weighted by Crippen LogP contribution is -2.13. The van der Waals surface area contributed by atoms with E-state index in [1.807, 2.05) is 30.3 Å². The van der Waals surface area contributed by atoms with Crippen LogP contribution in [0.1, 0.15) is 18.4 Å². The maximum Gasteiger partial charge on any atom is 0.227 e. The van der Waals surface area contributed by atoms with Gasteiger partial charge in [-0.2, -0.15) is 5.10 Å². The van der Waals surface area contributed by atoms with Gasteiger partial charge in [0.25, 0.3) is 0 Å². The number of aromatic amines is 2. The number of rotatable bonds is 8. The Kier molecular flexibility index (Phi) is 6.50. The number of hydrogen-bond acceptors (Lipinski definition) is 7. The Bertz CT molecular complexity index is 2150. The molecule has 2 aromatic carbocycles. The molecule has 4 aromatic heterocycles. The van der Waals surface area contributed by atoms with Gasteiger partial charge in [-0.15, -0.1) is 0 Å². The van der Waals surface area contributed by atoms with Crippen LogP contribution < -0.4 is 5.32 Å². The molecule has 0 radical (unpaired) electrons. The van der Waals surface area contributed by atoms with Crippen molar-refractivity contribution in [3.8, 4) is 33.8 Å². The lowest BCUT2D eigenvalue weighted by Gasteiger charge is -2.07. The van der Waals surface area contributed by atoms with Crippen molar-refractivity contribution in [3.63, 3.8) is 0 Å². The molecule has 0 unspecified atom stereocenters. The number of sulfone groups is 1. The summed E-state index contributed by atoms with van der Waals surface area (Å²) in [6.07, 6.45) is 8.26. The van der Waals surface area contributed by atoms with E-state index in [0.29, 0.717) is 45.1 Å². The first-order valence-corrected chi connectivity index (χ1v) is 15.8. The minimum absolute atomic E-state index is 0.0114. The van der Waals surface area contributed by atoms with E-state index in [2.05, 4.69) is 30.5 Å². The van der Waals surface area contributed by atoms with Crippen molar-refractivity contribution >= 4 is 43.5 Å². The van der Waals surface area contributed by atoms with Gasteiger partial charge in [0.05, 0.1) is 34.1 Å². The van der Waals surface area contributed by atoms with Crippen LogP contribution in [0.4, 0.5) is 10.1 Å². The van der Waals surface area contributed by atoms with Crippen LogP contribution in [0, 0.1) is 11.7 Å². The van der Waals surface area contributed by atoms with Crippen LogP contribution in [0.25, 0.3) is 55.8 Å². The Hall–Kier alpha value is -4.97. The molecule has 0 spiro atoms. The molecule has 12 heteroatoms. The van der Waals surface area contributed by atoms with Crippen LogP contribution in [0.15, 0.2) is 67.1 Å². The zero-order valence-electron chi connectivity index (χ0n) is 23.1. The normalized spacial score (nSPS) is 13.5. The molecule has 10 nitrogen and oxygen atoms in total. The van der Waals surface area contributed by atoms with E-state index in [1.165, 1.54) is 18.4 Å². The zero-order chi connectivity index (χ0) is 29.7. The summed E-state index contributed by atoms with van der Waals surface area (Å²) in [5.74, 6) is 0.115. The third-order valence-corrected chi connectivity index (χ3v) is 8.42. The topological polar surface area (TPSA) is 146 Å². The number of carbonyl (C=O) groups excluding carboxylic acids is 1. The van der Waals surface area contributed by atoms with Gasteiger partial charge in [-0.3, -0.25) is 14.9 Å². The second-order valence-electron chi connectivity index (χ2n) is 10.9. The van der Waals surface area contributed by atoms with E-state index in [1.54, 1.807) is 24.7 Å². The van der Waals surface area contributed by atoms with E-state index >= 15 is 0 Å². The highest BCUT2D eigenvalue weighted by Crippen LogP contribution is 2.34. The van der Waals surface area contributed by atoms with Crippen molar-refractivity contribution in [2.24, 2.45) is 5.92 Å². The quantitative estimate of drug-likeness (QED) is 0.216. The van der Waals surface area contributed by atoms with Gasteiger partial charge < -0.3 is 10.3 Å². The third-order valence-electron chi connectivity index (χ3n) is 7.48. The van der Waals surface area contributed by atoms with Crippen LogP contribution in [0.5, 0.6) is 0 Å². The second-order valence-corrected chi connectivity index (χ2v) is 13.2. The van der Waals surface area contributed by atoms with E-state index in [-0.39, 0.29) is 24.0 Å². The first kappa shape index (κ1) is 26.9. The zero-order valence-corrected chi connectivity index (χ0v) is 23.9. The predicted molar refractivity (Wildman–Crippen MR) is 162 cm³/mol. The Morgan fingerprint density at radius 2 is 1.88 bits per heavy atom. The number of anilines is 1. The van der Waals surface area contributed by atoms with Gasteiger partial charge in [0.1, 0.15) is 21.3 Å². The summed E-state index contributed by atoms with van der Waals surface area (Å²) in [6, 6.07) is 14.0. The summed E-state index contributed by atoms with van der Waals surface area (Å²) in [5.41, 5.74) is 6.63. The number of aryl methyl sites for hydroxylation is 1. The SMILES string of the molecule is CS(=O)(=O)CCc1cc(F)cc(-c2cccc3[nH]c(-c4[nH]nc5ncc(-c6cncc(NC(=O)C7CC7)c6)cc45)nc23)c1. The van der Waals surface area contributed by atoms with Gasteiger partial charge in [-0.25, -0.2) is 22.8 Å². The van der Waals surface area contributed by atoms with Crippen molar-refractivity contribution in [1.82, 2.24) is 30.1 Å². The van der Waals surface area contributed by atoms with Crippen molar-refractivity contribution in [3.05, 3.63) is 78.5 Å². The number of pyridine rings is 2. The first-order valence-electron chi connectivity index (χ1n) is 13.8. The van der Waals surface area contributed by atoms with E-state index in [0.717, 1.165) is 34.9 Å². The average molecular weight is 596 g/mol. The fraction of sp³-hybridized carbons (Fsp3) is 0.194. The number of nitrogens with one attached hydrogen (secondary N) is 3. The van der Waals surface area contributed by atoms with Crippen molar-refractivity contribution < 1.29 is 17.6 Å². The summed E-state index contributed by atoms with van der Waals surface area (Å²) >= 11 is 0. The highest BCUT2D eigenvalue weighted by atomic mass is 32.2. The van der Waals surface area contributed by atoms with Crippen LogP contribution in [-0.4, -0.2) is 56.5 Å². The molecule has 1 fully saturated rings. The number of H-pyrrole nitrogens is 2. The molecule has 0 bridgehead atoms. The number of nitrogens with zero attached hydrogens (tertiary/aromatic N) is 4. The minimum Gasteiger partial charge on any atom is -0.337 e. The van der Waals surface area contributed by atoms with Crippen LogP contribution in [0.2, 0.25) is 0 Å². The number of aromatic nitrogens is 6. The highest BCUT2D eigenvalue weighted by Gasteiger charge is 2.29. The van der Waals surface area contributed by atoms with Gasteiger partial charge >= 0.3 is 0 Å². The summed E-state index contributed by atoms with van der Waals surface area (Å²) < 4.78 is 38.0. The maximum absolute atomic E-state index is 14.6. The second kappa shape index (κ2) is 10.4. The van der Waals surface area contributed by atoms with Gasteiger partial charge in [0, 0.05) is 41.3 Å². The van der Waals surface area contributed by atoms with Crippen LogP contribution >= 0.6 is 0 Å². The number of halogens is 1. The van der Waals surface area contributed by atoms with Crippen molar-refractivity contribution in [2.75, 3.05) is 17.3 Å². The number of fused-ring (bicyclic) bond motifs is 2. The predicted octanol–water partition coefficient (Wildman–Crippen LogP) is 5.30. The number of imidazole rings is 1. The molecular formula is C31H26FN7O3S. The molecule has 1 aliphatic rings. The monoisotopic (exact) mass is 595 g/mol. The number of hydrogen-bond donors (Lipinski definition) is 3. The number of para-hydroxylation sites is 1. The third kappa shape index (κ3) is 5.61. The Morgan fingerprint density at radius 1 is 1.05 bits per heavy atom. The molecule has 0 saturated heterocycles. The molecular weight excluding hydrogens is 569 g/mol. The summed E-state index contributed by atoms with van der Waals surface area (Å²) in [7, 11) is -3.19. The molecule has 0 aliphatic heterocycles. The summed E-state index contributed by atoms with van der Waals surface area (Å²) in [6.45, 7) is 0. The summed E-state index contributed by atoms with van der Waals surface area (Å²) in [5, 5.41) is 11.1. The maximum atomic E-state index is 14.6. The molecule has 0 atom stereocenters. The smallest absolute Gasteiger partial charge is 0.227 e. The van der Waals surface area contributed by atoms with Crippen molar-refractivity contribution in [1.29, 1.82) is 0 Å². The molecule has 4 heterocycles. The molecule has 216 valence electrons. The lowest BCUT2D eigenvalue weighted by atomic mass is 10.0. The van der Waals surface area contributed by atoms with Gasteiger partial charge in [0.2, 0.25) is 5.91 Å². The highest BCUT2D eigenvalue weighted by molar-refractivity contribution is 7.90. The largest absolute Gasteiger partial charge is 0.337 e. The summed E-state index contributed by atoms with van der Waals surface area (Å²) in [4.78, 5) is 29.3. The number of carbonyl (C=O) groups is 1. The molecule has 1 aliphatic carbocycles. The molecule has 1 amide bonds. The molecule has 1 saturated carbocycles.